The van der Waals surface area contributed by atoms with Crippen molar-refractivity contribution < 1.29 is 0 Å². The van der Waals surface area contributed by atoms with Crippen molar-refractivity contribution in [3.8, 4) is 0 Å². The Kier molecular flexibility index (Phi) is 1.60. The van der Waals surface area contributed by atoms with Crippen molar-refractivity contribution >= 4 is 11.9 Å². The zero-order chi connectivity index (χ0) is 9.38. The number of allylic oxidation sites excluding steroid dienone is 2. The van der Waals surface area contributed by atoms with Crippen molar-refractivity contribution in [2.45, 2.75) is 12.3 Å². The Bertz CT molecular complexity index is 441. The van der Waals surface area contributed by atoms with Gasteiger partial charge in [-0.25, -0.2) is 0 Å². The second kappa shape index (κ2) is 2.91. The van der Waals surface area contributed by atoms with Crippen LogP contribution in [0.1, 0.15) is 17.9 Å². The Morgan fingerprint density at radius 2 is 2.00 bits per heavy atom. The molecule has 0 spiro atoms. The molecule has 0 N–H and O–H groups in total. The van der Waals surface area contributed by atoms with Crippen LogP contribution in [0.2, 0.25) is 0 Å². The minimum atomic E-state index is 0.425. The monoisotopic (exact) mass is 182 g/mol. The fourth-order valence-corrected chi connectivity index (χ4v) is 2.04. The summed E-state index contributed by atoms with van der Waals surface area (Å²) in [4.78, 5) is 0. The standard InChI is InChI=1S/C12H10N2/c1-2-4-9(5-3-1)11-7-6-10-8-13-14-12(10)11/h1-6,8,11H,7H2. The van der Waals surface area contributed by atoms with Gasteiger partial charge in [-0.2, -0.15) is 10.2 Å². The molecule has 1 unspecified atom stereocenters. The minimum absolute atomic E-state index is 0.425. The highest BCUT2D eigenvalue weighted by Crippen LogP contribution is 2.32. The maximum Gasteiger partial charge on any atom is 0.0793 e. The number of rotatable bonds is 1. The molecule has 2 aliphatic rings. The summed E-state index contributed by atoms with van der Waals surface area (Å²) in [7, 11) is 0. The highest BCUT2D eigenvalue weighted by Gasteiger charge is 2.27. The SMILES string of the molecule is C1=NN=C2C1=CCC2c1ccccc1. The summed E-state index contributed by atoms with van der Waals surface area (Å²) >= 11 is 0. The predicted octanol–water partition coefficient (Wildman–Crippen LogP) is 2.54. The molecular weight excluding hydrogens is 172 g/mol. The Morgan fingerprint density at radius 3 is 2.86 bits per heavy atom. The largest absolute Gasteiger partial charge is 0.158 e. The lowest BCUT2D eigenvalue weighted by Gasteiger charge is -2.09. The zero-order valence-corrected chi connectivity index (χ0v) is 7.72. The Labute approximate surface area is 82.7 Å². The molecule has 0 saturated carbocycles. The lowest BCUT2D eigenvalue weighted by molar-refractivity contribution is 0.931. The molecule has 1 atom stereocenters. The molecule has 3 rings (SSSR count). The van der Waals surface area contributed by atoms with E-state index < -0.39 is 0 Å². The van der Waals surface area contributed by atoms with Crippen LogP contribution in [0.3, 0.4) is 0 Å². The van der Waals surface area contributed by atoms with E-state index in [1.54, 1.807) is 0 Å². The van der Waals surface area contributed by atoms with Crippen LogP contribution in [0.25, 0.3) is 0 Å². The van der Waals surface area contributed by atoms with E-state index in [1.165, 1.54) is 11.1 Å². The van der Waals surface area contributed by atoms with Gasteiger partial charge in [0.1, 0.15) is 0 Å². The van der Waals surface area contributed by atoms with Gasteiger partial charge in [0, 0.05) is 11.5 Å². The molecule has 0 fully saturated rings. The minimum Gasteiger partial charge on any atom is -0.158 e. The van der Waals surface area contributed by atoms with Crippen LogP contribution in [0.15, 0.2) is 52.2 Å². The fourth-order valence-electron chi connectivity index (χ4n) is 2.04. The molecule has 68 valence electrons. The van der Waals surface area contributed by atoms with E-state index in [9.17, 15) is 0 Å². The van der Waals surface area contributed by atoms with E-state index >= 15 is 0 Å². The van der Waals surface area contributed by atoms with Gasteiger partial charge in [0.15, 0.2) is 0 Å². The zero-order valence-electron chi connectivity index (χ0n) is 7.72. The number of nitrogens with zero attached hydrogens (tertiary/aromatic N) is 2. The van der Waals surface area contributed by atoms with Crippen LogP contribution in [0.4, 0.5) is 0 Å². The van der Waals surface area contributed by atoms with Crippen molar-refractivity contribution in [2.75, 3.05) is 0 Å². The average molecular weight is 182 g/mol. The molecule has 0 aromatic heterocycles. The molecule has 0 saturated heterocycles. The summed E-state index contributed by atoms with van der Waals surface area (Å²) in [6.45, 7) is 0. The normalized spacial score (nSPS) is 23.3. The Balaban J connectivity index is 1.98. The van der Waals surface area contributed by atoms with Gasteiger partial charge in [-0.1, -0.05) is 36.4 Å². The molecule has 1 heterocycles. The summed E-state index contributed by atoms with van der Waals surface area (Å²) in [6, 6.07) is 10.5. The quantitative estimate of drug-likeness (QED) is 0.637. The third-order valence-corrected chi connectivity index (χ3v) is 2.76. The Morgan fingerprint density at radius 1 is 1.14 bits per heavy atom. The summed E-state index contributed by atoms with van der Waals surface area (Å²) in [5, 5.41) is 8.11. The van der Waals surface area contributed by atoms with E-state index in [-0.39, 0.29) is 0 Å². The van der Waals surface area contributed by atoms with Gasteiger partial charge < -0.3 is 0 Å². The predicted molar refractivity (Wildman–Crippen MR) is 57.8 cm³/mol. The van der Waals surface area contributed by atoms with Crippen molar-refractivity contribution in [1.82, 2.24) is 0 Å². The fraction of sp³-hybridized carbons (Fsp3) is 0.167. The van der Waals surface area contributed by atoms with Gasteiger partial charge in [-0.3, -0.25) is 0 Å². The first kappa shape index (κ1) is 7.68. The molecule has 2 nitrogen and oxygen atoms in total. The molecule has 0 bridgehead atoms. The molecule has 1 aliphatic heterocycles. The molecule has 1 aromatic carbocycles. The van der Waals surface area contributed by atoms with Crippen LogP contribution in [0.5, 0.6) is 0 Å². The number of hydrogen-bond donors (Lipinski definition) is 0. The van der Waals surface area contributed by atoms with Crippen LogP contribution < -0.4 is 0 Å². The highest BCUT2D eigenvalue weighted by atomic mass is 15.2. The summed E-state index contributed by atoms with van der Waals surface area (Å²) in [6.07, 6.45) is 5.12. The third kappa shape index (κ3) is 1.04. The number of fused-ring (bicyclic) bond motifs is 1. The van der Waals surface area contributed by atoms with E-state index in [1.807, 2.05) is 12.3 Å². The van der Waals surface area contributed by atoms with Gasteiger partial charge in [0.05, 0.1) is 11.9 Å². The van der Waals surface area contributed by atoms with E-state index in [0.717, 1.165) is 12.1 Å². The lowest BCUT2D eigenvalue weighted by Crippen LogP contribution is -2.06. The Hall–Kier alpha value is -1.70. The summed E-state index contributed by atoms with van der Waals surface area (Å²) in [5.74, 6) is 0.425. The van der Waals surface area contributed by atoms with Gasteiger partial charge >= 0.3 is 0 Å². The maximum absolute atomic E-state index is 4.17. The third-order valence-electron chi connectivity index (χ3n) is 2.76. The van der Waals surface area contributed by atoms with Gasteiger partial charge in [0.2, 0.25) is 0 Å². The molecular formula is C12H10N2. The van der Waals surface area contributed by atoms with Crippen molar-refractivity contribution in [3.05, 3.63) is 47.5 Å². The smallest absolute Gasteiger partial charge is 0.0793 e. The first-order valence-corrected chi connectivity index (χ1v) is 4.81. The van der Waals surface area contributed by atoms with Crippen LogP contribution >= 0.6 is 0 Å². The summed E-state index contributed by atoms with van der Waals surface area (Å²) < 4.78 is 0. The number of benzene rings is 1. The van der Waals surface area contributed by atoms with E-state index in [4.69, 9.17) is 0 Å². The van der Waals surface area contributed by atoms with Crippen LogP contribution in [0, 0.1) is 0 Å². The molecule has 1 aromatic rings. The van der Waals surface area contributed by atoms with Gasteiger partial charge in [0.25, 0.3) is 0 Å². The first-order valence-electron chi connectivity index (χ1n) is 4.81. The van der Waals surface area contributed by atoms with Gasteiger partial charge in [-0.05, 0) is 12.0 Å². The van der Waals surface area contributed by atoms with Crippen molar-refractivity contribution in [3.63, 3.8) is 0 Å². The molecule has 14 heavy (non-hydrogen) atoms. The molecule has 1 aliphatic carbocycles. The first-order chi connectivity index (χ1) is 6.95. The molecule has 0 radical (unpaired) electrons. The second-order valence-corrected chi connectivity index (χ2v) is 3.59. The van der Waals surface area contributed by atoms with Gasteiger partial charge in [-0.15, -0.1) is 0 Å². The average Bonchev–Trinajstić information content (AvgIpc) is 2.79. The molecule has 2 heteroatoms. The van der Waals surface area contributed by atoms with Crippen LogP contribution in [-0.4, -0.2) is 11.9 Å². The van der Waals surface area contributed by atoms with Crippen molar-refractivity contribution in [1.29, 1.82) is 0 Å². The van der Waals surface area contributed by atoms with E-state index in [2.05, 4.69) is 40.5 Å². The number of hydrogen-bond acceptors (Lipinski definition) is 2. The topological polar surface area (TPSA) is 24.7 Å². The maximum atomic E-state index is 4.17. The van der Waals surface area contributed by atoms with Crippen LogP contribution in [-0.2, 0) is 0 Å². The lowest BCUT2D eigenvalue weighted by atomic mass is 9.94. The summed E-state index contributed by atoms with van der Waals surface area (Å²) in [5.41, 5.74) is 3.68. The van der Waals surface area contributed by atoms with Crippen molar-refractivity contribution in [2.24, 2.45) is 10.2 Å². The highest BCUT2D eigenvalue weighted by molar-refractivity contribution is 6.22. The second-order valence-electron chi connectivity index (χ2n) is 3.59. The van der Waals surface area contributed by atoms with E-state index in [0.29, 0.717) is 5.92 Å². The molecule has 0 amide bonds.